The smallest absolute Gasteiger partial charge is 0.129 e. The summed E-state index contributed by atoms with van der Waals surface area (Å²) in [6.07, 6.45) is 12.2. The summed E-state index contributed by atoms with van der Waals surface area (Å²) in [7, 11) is 0. The van der Waals surface area contributed by atoms with Gasteiger partial charge in [-0.05, 0) is 51.9 Å². The fourth-order valence-electron chi connectivity index (χ4n) is 1.89. The fraction of sp³-hybridized carbons (Fsp3) is 0.667. The molecule has 0 heterocycles. The second kappa shape index (κ2) is 9.48. The van der Waals surface area contributed by atoms with Crippen molar-refractivity contribution in [3.8, 4) is 0 Å². The van der Waals surface area contributed by atoms with Crippen molar-refractivity contribution >= 4 is 5.78 Å². The summed E-state index contributed by atoms with van der Waals surface area (Å²) in [6.45, 7) is 2.56. The van der Waals surface area contributed by atoms with Crippen LogP contribution in [0.3, 0.4) is 0 Å². The fourth-order valence-corrected chi connectivity index (χ4v) is 1.89. The Labute approximate surface area is 115 Å². The van der Waals surface area contributed by atoms with Gasteiger partial charge in [0.2, 0.25) is 0 Å². The predicted octanol–water partition coefficient (Wildman–Crippen LogP) is 4.10. The summed E-state index contributed by atoms with van der Waals surface area (Å²) in [5, 5.41) is 6.73. The number of rotatable bonds is 12. The molecule has 0 amide bonds. The van der Waals surface area contributed by atoms with Gasteiger partial charge < -0.3 is 10.1 Å². The predicted molar refractivity (Wildman–Crippen MR) is 76.9 cm³/mol. The molecule has 106 valence electrons. The highest BCUT2D eigenvalue weighted by Gasteiger charge is 2.05. The van der Waals surface area contributed by atoms with Crippen LogP contribution in [0.1, 0.15) is 58.3 Å². The second-order valence-electron chi connectivity index (χ2n) is 5.13. The molecule has 0 spiro atoms. The third kappa shape index (κ3) is 9.17. The van der Waals surface area contributed by atoms with E-state index < -0.39 is 0 Å². The van der Waals surface area contributed by atoms with Gasteiger partial charge in [-0.3, -0.25) is 0 Å². The van der Waals surface area contributed by atoms with Gasteiger partial charge in [-0.15, -0.1) is 0 Å². The number of ketones is 1. The number of unbranched alkanes of at least 4 members (excludes halogenated alkanes) is 2. The molecule has 19 heavy (non-hydrogen) atoms. The molecule has 1 aliphatic rings. The van der Waals surface area contributed by atoms with E-state index in [4.69, 9.17) is 5.53 Å². The number of hydrogen-bond acceptors (Lipinski definition) is 4. The molecule has 1 aliphatic carbocycles. The zero-order valence-corrected chi connectivity index (χ0v) is 11.9. The van der Waals surface area contributed by atoms with E-state index in [1.54, 1.807) is 12.5 Å². The molecule has 2 N–H and O–H groups in total. The van der Waals surface area contributed by atoms with E-state index in [9.17, 15) is 4.79 Å². The Hall–Kier alpha value is -1.45. The van der Waals surface area contributed by atoms with Gasteiger partial charge in [-0.25, -0.2) is 5.53 Å². The zero-order valence-electron chi connectivity index (χ0n) is 11.9. The van der Waals surface area contributed by atoms with E-state index in [0.29, 0.717) is 6.42 Å². The first-order valence-corrected chi connectivity index (χ1v) is 7.19. The molecule has 0 atom stereocenters. The van der Waals surface area contributed by atoms with Crippen LogP contribution in [0.5, 0.6) is 0 Å². The number of carbonyl (C=O) groups excluding carboxylic acids is 1. The van der Waals surface area contributed by atoms with Crippen LogP contribution in [0.4, 0.5) is 0 Å². The first-order valence-electron chi connectivity index (χ1n) is 7.19. The van der Waals surface area contributed by atoms with Gasteiger partial charge in [-0.1, -0.05) is 11.6 Å². The van der Waals surface area contributed by atoms with Crippen molar-refractivity contribution in [1.82, 2.24) is 5.32 Å². The minimum atomic E-state index is 0.234. The number of nitrogens with zero attached hydrogens (tertiary/aromatic N) is 1. The lowest BCUT2D eigenvalue weighted by Gasteiger charge is -2.03. The Balaban J connectivity index is 2.00. The summed E-state index contributed by atoms with van der Waals surface area (Å²) in [5.74, 6) is 0.234. The molecule has 0 fully saturated rings. The van der Waals surface area contributed by atoms with E-state index in [1.165, 1.54) is 19.3 Å². The Morgan fingerprint density at radius 2 is 2.11 bits per heavy atom. The van der Waals surface area contributed by atoms with E-state index in [-0.39, 0.29) is 5.78 Å². The third-order valence-electron chi connectivity index (χ3n) is 3.19. The number of allylic oxidation sites excluding steroid dienone is 3. The van der Waals surface area contributed by atoms with Crippen molar-refractivity contribution in [1.29, 1.82) is 5.53 Å². The van der Waals surface area contributed by atoms with Gasteiger partial charge in [0, 0.05) is 19.2 Å². The van der Waals surface area contributed by atoms with Gasteiger partial charge in [0.05, 0.1) is 5.70 Å². The lowest BCUT2D eigenvalue weighted by molar-refractivity contribution is -0.117. The molecule has 0 aliphatic heterocycles. The molecule has 0 unspecified atom stereocenters. The molecule has 4 heteroatoms. The number of Topliss-reactive ketones (excluding diaryl/α,β-unsaturated/α-hetero) is 1. The normalized spacial score (nSPS) is 13.9. The standard InChI is InChI=1S/C15H25N3O/c1-13(19)6-2-3-8-15(18-16)12-17-11-5-4-7-14-9-10-14/h9,12,16-17H,2-8,10-11H2,1H3/b15-12-,18-16?. The Morgan fingerprint density at radius 1 is 1.37 bits per heavy atom. The van der Waals surface area contributed by atoms with Gasteiger partial charge in [0.25, 0.3) is 0 Å². The molecule has 0 saturated carbocycles. The van der Waals surface area contributed by atoms with Crippen molar-refractivity contribution in [3.05, 3.63) is 23.5 Å². The molecule has 0 saturated heterocycles. The minimum absolute atomic E-state index is 0.234. The van der Waals surface area contributed by atoms with Crippen LogP contribution >= 0.6 is 0 Å². The SMILES string of the molecule is CC(=O)CCCC/C(=C/NCCCCC1=CC1)N=N. The maximum absolute atomic E-state index is 10.8. The van der Waals surface area contributed by atoms with E-state index in [2.05, 4.69) is 16.5 Å². The minimum Gasteiger partial charge on any atom is -0.389 e. The van der Waals surface area contributed by atoms with E-state index in [1.807, 2.05) is 6.20 Å². The lowest BCUT2D eigenvalue weighted by atomic mass is 10.1. The van der Waals surface area contributed by atoms with Gasteiger partial charge in [0.1, 0.15) is 5.78 Å². The molecular formula is C15H25N3O. The summed E-state index contributed by atoms with van der Waals surface area (Å²) in [4.78, 5) is 10.8. The van der Waals surface area contributed by atoms with Crippen molar-refractivity contribution in [2.75, 3.05) is 6.54 Å². The molecule has 1 rings (SSSR count). The third-order valence-corrected chi connectivity index (χ3v) is 3.19. The number of carbonyl (C=O) groups is 1. The highest BCUT2D eigenvalue weighted by Crippen LogP contribution is 2.23. The molecule has 4 nitrogen and oxygen atoms in total. The van der Waals surface area contributed by atoms with Crippen LogP contribution < -0.4 is 5.32 Å². The van der Waals surface area contributed by atoms with Crippen LogP contribution in [0.25, 0.3) is 0 Å². The van der Waals surface area contributed by atoms with E-state index in [0.717, 1.165) is 37.9 Å². The first kappa shape index (κ1) is 15.6. The van der Waals surface area contributed by atoms with Crippen LogP contribution in [-0.4, -0.2) is 12.3 Å². The summed E-state index contributed by atoms with van der Waals surface area (Å²) in [5.41, 5.74) is 9.47. The maximum Gasteiger partial charge on any atom is 0.129 e. The van der Waals surface area contributed by atoms with Crippen LogP contribution in [0.2, 0.25) is 0 Å². The van der Waals surface area contributed by atoms with E-state index >= 15 is 0 Å². The second-order valence-corrected chi connectivity index (χ2v) is 5.13. The van der Waals surface area contributed by atoms with Crippen molar-refractivity contribution in [2.24, 2.45) is 5.11 Å². The molecule has 0 aromatic carbocycles. The largest absolute Gasteiger partial charge is 0.389 e. The Morgan fingerprint density at radius 3 is 2.74 bits per heavy atom. The summed E-state index contributed by atoms with van der Waals surface area (Å²) in [6, 6.07) is 0. The first-order chi connectivity index (χ1) is 9.22. The topological polar surface area (TPSA) is 65.3 Å². The average Bonchev–Trinajstić information content (AvgIpc) is 3.19. The molecular weight excluding hydrogens is 238 g/mol. The van der Waals surface area contributed by atoms with Crippen LogP contribution in [0, 0.1) is 5.53 Å². The highest BCUT2D eigenvalue weighted by atomic mass is 16.1. The van der Waals surface area contributed by atoms with Crippen molar-refractivity contribution in [3.63, 3.8) is 0 Å². The molecule has 0 aromatic heterocycles. The lowest BCUT2D eigenvalue weighted by Crippen LogP contribution is -2.07. The number of hydrogen-bond donors (Lipinski definition) is 2. The Kier molecular flexibility index (Phi) is 7.78. The quantitative estimate of drug-likeness (QED) is 0.316. The van der Waals surface area contributed by atoms with Gasteiger partial charge in [0.15, 0.2) is 0 Å². The maximum atomic E-state index is 10.8. The number of nitrogens with one attached hydrogen (secondary N) is 2. The zero-order chi connectivity index (χ0) is 13.9. The summed E-state index contributed by atoms with van der Waals surface area (Å²) < 4.78 is 0. The van der Waals surface area contributed by atoms with Gasteiger partial charge in [-0.2, -0.15) is 5.11 Å². The van der Waals surface area contributed by atoms with Crippen molar-refractivity contribution in [2.45, 2.75) is 58.3 Å². The molecule has 0 aromatic rings. The van der Waals surface area contributed by atoms with Crippen molar-refractivity contribution < 1.29 is 4.79 Å². The summed E-state index contributed by atoms with van der Waals surface area (Å²) >= 11 is 0. The van der Waals surface area contributed by atoms with Crippen LogP contribution in [0.15, 0.2) is 28.7 Å². The monoisotopic (exact) mass is 263 g/mol. The molecule has 0 radical (unpaired) electrons. The van der Waals surface area contributed by atoms with Crippen LogP contribution in [-0.2, 0) is 4.79 Å². The van der Waals surface area contributed by atoms with Gasteiger partial charge >= 0.3 is 0 Å². The Bertz CT molecular complexity index is 358. The molecule has 0 bridgehead atoms. The average molecular weight is 263 g/mol. The highest BCUT2D eigenvalue weighted by molar-refractivity contribution is 5.75.